The van der Waals surface area contributed by atoms with Crippen molar-refractivity contribution in [1.29, 1.82) is 0 Å². The van der Waals surface area contributed by atoms with Crippen molar-refractivity contribution in [3.8, 4) is 5.75 Å². The molecule has 0 unspecified atom stereocenters. The molecule has 1 fully saturated rings. The highest BCUT2D eigenvalue weighted by Gasteiger charge is 2.31. The molecule has 2 rings (SSSR count). The summed E-state index contributed by atoms with van der Waals surface area (Å²) in [6.45, 7) is 0.592. The number of carbonyl (C=O) groups is 2. The first kappa shape index (κ1) is 17.1. The molecule has 1 atom stereocenters. The Bertz CT molecular complexity index is 588. The number of benzene rings is 1. The van der Waals surface area contributed by atoms with Gasteiger partial charge in [0.25, 0.3) is 0 Å². The minimum Gasteiger partial charge on any atom is -0.481 e. The summed E-state index contributed by atoms with van der Waals surface area (Å²) in [4.78, 5) is 24.6. The standard InChI is InChI=1S/C15H16F3NO4/c16-15(17,18)23-12-5-1-3-10(7-12)8-13(20)19-6-2-4-11(9-19)14(21)22/h1,3,5,7,11H,2,4,6,8-9H2,(H,21,22)/t11-/m0/s1. The second-order valence-electron chi connectivity index (χ2n) is 5.39. The zero-order valence-corrected chi connectivity index (χ0v) is 12.2. The topological polar surface area (TPSA) is 66.8 Å². The smallest absolute Gasteiger partial charge is 0.481 e. The number of rotatable bonds is 4. The molecule has 0 radical (unpaired) electrons. The number of likely N-dealkylation sites (tertiary alicyclic amines) is 1. The molecule has 126 valence electrons. The van der Waals surface area contributed by atoms with Gasteiger partial charge in [-0.05, 0) is 30.5 Å². The van der Waals surface area contributed by atoms with Crippen LogP contribution in [0.5, 0.6) is 5.75 Å². The number of ether oxygens (including phenoxy) is 1. The van der Waals surface area contributed by atoms with Crippen LogP contribution in [0.4, 0.5) is 13.2 Å². The molecule has 0 saturated carbocycles. The van der Waals surface area contributed by atoms with Crippen molar-refractivity contribution < 1.29 is 32.6 Å². The normalized spacial score (nSPS) is 18.6. The molecular weight excluding hydrogens is 315 g/mol. The molecule has 0 aliphatic carbocycles. The number of hydrogen-bond acceptors (Lipinski definition) is 3. The van der Waals surface area contributed by atoms with Gasteiger partial charge in [-0.25, -0.2) is 0 Å². The number of piperidine rings is 1. The third-order valence-electron chi connectivity index (χ3n) is 3.61. The minimum atomic E-state index is -4.79. The summed E-state index contributed by atoms with van der Waals surface area (Å²) in [5.41, 5.74) is 0.384. The largest absolute Gasteiger partial charge is 0.573 e. The minimum absolute atomic E-state index is 0.0958. The lowest BCUT2D eigenvalue weighted by Gasteiger charge is -2.30. The van der Waals surface area contributed by atoms with Gasteiger partial charge in [0.2, 0.25) is 5.91 Å². The Morgan fingerprint density at radius 1 is 1.35 bits per heavy atom. The molecule has 1 aliphatic heterocycles. The molecule has 1 saturated heterocycles. The summed E-state index contributed by atoms with van der Waals surface area (Å²) in [6, 6.07) is 5.21. The number of alkyl halides is 3. The van der Waals surface area contributed by atoms with E-state index in [4.69, 9.17) is 5.11 Å². The van der Waals surface area contributed by atoms with Gasteiger partial charge in [-0.2, -0.15) is 0 Å². The van der Waals surface area contributed by atoms with Gasteiger partial charge in [-0.1, -0.05) is 12.1 Å². The Balaban J connectivity index is 2.00. The van der Waals surface area contributed by atoms with Gasteiger partial charge in [-0.15, -0.1) is 13.2 Å². The summed E-state index contributed by atoms with van der Waals surface area (Å²) in [5.74, 6) is -2.22. The van der Waals surface area contributed by atoms with Gasteiger partial charge in [0, 0.05) is 13.1 Å². The third-order valence-corrected chi connectivity index (χ3v) is 3.61. The predicted molar refractivity (Wildman–Crippen MR) is 73.8 cm³/mol. The maximum absolute atomic E-state index is 12.2. The zero-order valence-electron chi connectivity index (χ0n) is 12.2. The zero-order chi connectivity index (χ0) is 17.0. The van der Waals surface area contributed by atoms with Crippen molar-refractivity contribution in [1.82, 2.24) is 4.90 Å². The molecule has 1 N–H and O–H groups in total. The van der Waals surface area contributed by atoms with Crippen LogP contribution in [0.15, 0.2) is 24.3 Å². The average Bonchev–Trinajstić information content (AvgIpc) is 2.46. The number of carboxylic acid groups (broad SMARTS) is 1. The number of carboxylic acids is 1. The lowest BCUT2D eigenvalue weighted by atomic mass is 9.97. The van der Waals surface area contributed by atoms with Crippen LogP contribution in [0.3, 0.4) is 0 Å². The first-order chi connectivity index (χ1) is 10.7. The van der Waals surface area contributed by atoms with E-state index in [1.165, 1.54) is 17.0 Å². The van der Waals surface area contributed by atoms with E-state index in [-0.39, 0.29) is 24.6 Å². The Morgan fingerprint density at radius 3 is 2.74 bits per heavy atom. The molecule has 8 heteroatoms. The molecular formula is C15H16F3NO4. The van der Waals surface area contributed by atoms with E-state index >= 15 is 0 Å². The van der Waals surface area contributed by atoms with Crippen molar-refractivity contribution in [3.05, 3.63) is 29.8 Å². The van der Waals surface area contributed by atoms with E-state index < -0.39 is 18.2 Å². The predicted octanol–water partition coefficient (Wildman–Crippen LogP) is 2.45. The molecule has 1 aliphatic rings. The molecule has 1 amide bonds. The van der Waals surface area contributed by atoms with E-state index in [1.54, 1.807) is 0 Å². The van der Waals surface area contributed by atoms with Crippen molar-refractivity contribution in [3.63, 3.8) is 0 Å². The van der Waals surface area contributed by atoms with Crippen LogP contribution < -0.4 is 4.74 Å². The van der Waals surface area contributed by atoms with Crippen molar-refractivity contribution in [2.24, 2.45) is 5.92 Å². The van der Waals surface area contributed by atoms with Crippen LogP contribution >= 0.6 is 0 Å². The van der Waals surface area contributed by atoms with Crippen LogP contribution in [-0.4, -0.2) is 41.3 Å². The first-order valence-electron chi connectivity index (χ1n) is 7.10. The fraction of sp³-hybridized carbons (Fsp3) is 0.467. The molecule has 5 nitrogen and oxygen atoms in total. The van der Waals surface area contributed by atoms with Gasteiger partial charge >= 0.3 is 12.3 Å². The Kier molecular flexibility index (Phi) is 5.12. The van der Waals surface area contributed by atoms with Gasteiger partial charge in [0.1, 0.15) is 5.75 Å². The van der Waals surface area contributed by atoms with Crippen LogP contribution in [0, 0.1) is 5.92 Å². The van der Waals surface area contributed by atoms with Crippen LogP contribution in [0.2, 0.25) is 0 Å². The summed E-state index contributed by atoms with van der Waals surface area (Å²) in [5, 5.41) is 9.01. The van der Waals surface area contributed by atoms with Crippen LogP contribution in [-0.2, 0) is 16.0 Å². The van der Waals surface area contributed by atoms with Crippen LogP contribution in [0.1, 0.15) is 18.4 Å². The van der Waals surface area contributed by atoms with E-state index in [0.717, 1.165) is 12.1 Å². The fourth-order valence-corrected chi connectivity index (χ4v) is 2.54. The van der Waals surface area contributed by atoms with Gasteiger partial charge in [-0.3, -0.25) is 9.59 Å². The summed E-state index contributed by atoms with van der Waals surface area (Å²) in [6.07, 6.45) is -3.76. The number of aliphatic carboxylic acids is 1. The molecule has 23 heavy (non-hydrogen) atoms. The van der Waals surface area contributed by atoms with E-state index in [2.05, 4.69) is 4.74 Å². The lowest BCUT2D eigenvalue weighted by molar-refractivity contribution is -0.274. The third kappa shape index (κ3) is 5.15. The summed E-state index contributed by atoms with van der Waals surface area (Å²) >= 11 is 0. The number of nitrogens with zero attached hydrogens (tertiary/aromatic N) is 1. The maximum atomic E-state index is 12.2. The summed E-state index contributed by atoms with van der Waals surface area (Å²) in [7, 11) is 0. The van der Waals surface area contributed by atoms with E-state index in [9.17, 15) is 22.8 Å². The highest BCUT2D eigenvalue weighted by Crippen LogP contribution is 2.24. The Hall–Kier alpha value is -2.25. The molecule has 0 bridgehead atoms. The van der Waals surface area contributed by atoms with Crippen molar-refractivity contribution in [2.45, 2.75) is 25.6 Å². The molecule has 0 aromatic heterocycles. The second-order valence-corrected chi connectivity index (χ2v) is 5.39. The molecule has 1 aromatic carbocycles. The number of hydrogen-bond donors (Lipinski definition) is 1. The van der Waals surface area contributed by atoms with E-state index in [1.807, 2.05) is 0 Å². The molecule has 1 heterocycles. The monoisotopic (exact) mass is 331 g/mol. The van der Waals surface area contributed by atoms with Crippen LogP contribution in [0.25, 0.3) is 0 Å². The quantitative estimate of drug-likeness (QED) is 0.920. The Morgan fingerprint density at radius 2 is 2.09 bits per heavy atom. The number of carbonyl (C=O) groups excluding carboxylic acids is 1. The Labute approximate surface area is 130 Å². The number of amides is 1. The highest BCUT2D eigenvalue weighted by atomic mass is 19.4. The number of halogens is 3. The second kappa shape index (κ2) is 6.89. The fourth-order valence-electron chi connectivity index (χ4n) is 2.54. The van der Waals surface area contributed by atoms with Gasteiger partial charge in [0.05, 0.1) is 12.3 Å². The average molecular weight is 331 g/mol. The van der Waals surface area contributed by atoms with Gasteiger partial charge in [0.15, 0.2) is 0 Å². The molecule has 1 aromatic rings. The summed E-state index contributed by atoms with van der Waals surface area (Å²) < 4.78 is 40.4. The van der Waals surface area contributed by atoms with E-state index in [0.29, 0.717) is 24.9 Å². The SMILES string of the molecule is O=C(O)[C@H]1CCCN(C(=O)Cc2cccc(OC(F)(F)F)c2)C1. The van der Waals surface area contributed by atoms with Crippen molar-refractivity contribution in [2.75, 3.05) is 13.1 Å². The highest BCUT2D eigenvalue weighted by molar-refractivity contribution is 5.80. The maximum Gasteiger partial charge on any atom is 0.573 e. The van der Waals surface area contributed by atoms with Gasteiger partial charge < -0.3 is 14.7 Å². The lowest BCUT2D eigenvalue weighted by Crippen LogP contribution is -2.43. The first-order valence-corrected chi connectivity index (χ1v) is 7.10. The van der Waals surface area contributed by atoms with Crippen molar-refractivity contribution >= 4 is 11.9 Å². The molecule has 0 spiro atoms.